The first kappa shape index (κ1) is 24.6. The molecule has 9 nitrogen and oxygen atoms in total. The molecule has 1 amide bonds. The summed E-state index contributed by atoms with van der Waals surface area (Å²) in [6.07, 6.45) is 4.36. The van der Waals surface area contributed by atoms with E-state index in [2.05, 4.69) is 34.2 Å². The van der Waals surface area contributed by atoms with Gasteiger partial charge in [-0.1, -0.05) is 24.3 Å². The predicted octanol–water partition coefficient (Wildman–Crippen LogP) is 3.87. The lowest BCUT2D eigenvalue weighted by Gasteiger charge is -2.32. The maximum absolute atomic E-state index is 12.3. The first-order chi connectivity index (χ1) is 16.5. The number of carboxylic acid groups (broad SMARTS) is 1. The van der Waals surface area contributed by atoms with Crippen molar-refractivity contribution >= 4 is 29.1 Å². The van der Waals surface area contributed by atoms with E-state index in [4.69, 9.17) is 20.6 Å². The average Bonchev–Trinajstić information content (AvgIpc) is 2.78. The van der Waals surface area contributed by atoms with E-state index in [-0.39, 0.29) is 12.5 Å². The van der Waals surface area contributed by atoms with Crippen LogP contribution in [0.3, 0.4) is 0 Å². The van der Waals surface area contributed by atoms with Crippen LogP contribution in [0.1, 0.15) is 68.8 Å². The van der Waals surface area contributed by atoms with Crippen LogP contribution in [-0.2, 0) is 9.59 Å². The number of carbonyl (C=O) groups excluding carboxylic acids is 1. The molecule has 0 unspecified atom stereocenters. The molecular weight excluding hydrogens is 446 g/mol. The van der Waals surface area contributed by atoms with Crippen molar-refractivity contribution in [2.45, 2.75) is 64.4 Å². The fourth-order valence-corrected chi connectivity index (χ4v) is 4.99. The van der Waals surface area contributed by atoms with Gasteiger partial charge in [-0.2, -0.15) is 4.98 Å². The number of fused-ring (bicyclic) bond motifs is 1. The van der Waals surface area contributed by atoms with Crippen LogP contribution in [0, 0.1) is 12.8 Å². The molecule has 1 aromatic carbocycles. The van der Waals surface area contributed by atoms with Crippen LogP contribution in [0.5, 0.6) is 5.88 Å². The van der Waals surface area contributed by atoms with Gasteiger partial charge in [0.05, 0.1) is 5.71 Å². The standard InChI is InChI=1S/C26H33N5O4/c1-15-28-24(27)22-25(29-15)35-26(2,3)23(30-22)19-11-9-18(10-12-19)17-7-5-16(6-8-17)13-20(32)31(4)14-21(33)34/h9-12,16-17H,5-8,13-14H2,1-4H3,(H,33,34)(H2,27,28,29)/t16-,17-. The Morgan fingerprint density at radius 1 is 1.14 bits per heavy atom. The highest BCUT2D eigenvalue weighted by Gasteiger charge is 2.35. The van der Waals surface area contributed by atoms with Crippen LogP contribution in [0.25, 0.3) is 0 Å². The molecule has 2 aliphatic rings. The summed E-state index contributed by atoms with van der Waals surface area (Å²) in [7, 11) is 1.55. The van der Waals surface area contributed by atoms with Gasteiger partial charge in [0.1, 0.15) is 18.0 Å². The Hall–Kier alpha value is -3.49. The Labute approximate surface area is 205 Å². The van der Waals surface area contributed by atoms with Crippen molar-refractivity contribution in [3.05, 3.63) is 41.2 Å². The van der Waals surface area contributed by atoms with E-state index in [1.54, 1.807) is 14.0 Å². The van der Waals surface area contributed by atoms with Crippen molar-refractivity contribution in [3.8, 4) is 5.88 Å². The van der Waals surface area contributed by atoms with Gasteiger partial charge >= 0.3 is 5.97 Å². The number of carbonyl (C=O) groups is 2. The molecule has 0 saturated heterocycles. The Kier molecular flexibility index (Phi) is 6.78. The number of ether oxygens (including phenoxy) is 1. The van der Waals surface area contributed by atoms with Gasteiger partial charge in [-0.05, 0) is 63.9 Å². The summed E-state index contributed by atoms with van der Waals surface area (Å²) >= 11 is 0. The molecule has 1 fully saturated rings. The number of carboxylic acids is 1. The minimum absolute atomic E-state index is 0.0962. The van der Waals surface area contributed by atoms with E-state index in [0.717, 1.165) is 37.0 Å². The van der Waals surface area contributed by atoms with Crippen LogP contribution in [0.2, 0.25) is 0 Å². The molecule has 2 heterocycles. The van der Waals surface area contributed by atoms with Crippen molar-refractivity contribution in [1.29, 1.82) is 0 Å². The lowest BCUT2D eigenvalue weighted by molar-refractivity contribution is -0.143. The Bertz CT molecular complexity index is 1150. The Balaban J connectivity index is 1.42. The van der Waals surface area contributed by atoms with Gasteiger partial charge in [0, 0.05) is 19.0 Å². The highest BCUT2D eigenvalue weighted by Crippen LogP contribution is 2.40. The number of nitrogen functional groups attached to an aromatic ring is 1. The van der Waals surface area contributed by atoms with Gasteiger partial charge < -0.3 is 20.5 Å². The molecule has 0 atom stereocenters. The van der Waals surface area contributed by atoms with E-state index in [1.165, 1.54) is 10.5 Å². The minimum Gasteiger partial charge on any atom is -0.480 e. The smallest absolute Gasteiger partial charge is 0.323 e. The molecule has 1 aromatic heterocycles. The molecule has 35 heavy (non-hydrogen) atoms. The number of hydrogen-bond donors (Lipinski definition) is 2. The zero-order valence-corrected chi connectivity index (χ0v) is 20.7. The number of amides is 1. The maximum atomic E-state index is 12.3. The van der Waals surface area contributed by atoms with Gasteiger partial charge in [0.15, 0.2) is 11.5 Å². The zero-order valence-electron chi connectivity index (χ0n) is 20.7. The van der Waals surface area contributed by atoms with E-state index >= 15 is 0 Å². The molecule has 0 radical (unpaired) electrons. The van der Waals surface area contributed by atoms with Crippen LogP contribution >= 0.6 is 0 Å². The number of anilines is 1. The van der Waals surface area contributed by atoms with E-state index < -0.39 is 11.6 Å². The average molecular weight is 480 g/mol. The van der Waals surface area contributed by atoms with Crippen LogP contribution < -0.4 is 10.5 Å². The van der Waals surface area contributed by atoms with Crippen LogP contribution in [0.15, 0.2) is 29.3 Å². The summed E-state index contributed by atoms with van der Waals surface area (Å²) in [6, 6.07) is 8.45. The topological polar surface area (TPSA) is 131 Å². The summed E-state index contributed by atoms with van der Waals surface area (Å²) in [6.45, 7) is 5.45. The maximum Gasteiger partial charge on any atom is 0.323 e. The second kappa shape index (κ2) is 9.64. The Morgan fingerprint density at radius 2 is 1.80 bits per heavy atom. The number of aromatic nitrogens is 2. The van der Waals surface area contributed by atoms with Crippen LogP contribution in [0.4, 0.5) is 11.5 Å². The first-order valence-electron chi connectivity index (χ1n) is 12.0. The molecule has 4 rings (SSSR count). The molecule has 3 N–H and O–H groups in total. The molecule has 1 aliphatic carbocycles. The number of nitrogens with two attached hydrogens (primary N) is 1. The third kappa shape index (κ3) is 5.44. The van der Waals surface area contributed by atoms with E-state index in [1.807, 2.05) is 13.8 Å². The first-order valence-corrected chi connectivity index (χ1v) is 12.0. The summed E-state index contributed by atoms with van der Waals surface area (Å²) < 4.78 is 6.15. The number of rotatable bonds is 6. The van der Waals surface area contributed by atoms with Crippen LogP contribution in [-0.4, -0.2) is 56.8 Å². The molecule has 0 spiro atoms. The molecule has 9 heteroatoms. The molecule has 0 bridgehead atoms. The second-order valence-electron chi connectivity index (χ2n) is 10.1. The summed E-state index contributed by atoms with van der Waals surface area (Å²) in [5.74, 6) is 0.926. The summed E-state index contributed by atoms with van der Waals surface area (Å²) in [4.78, 5) is 37.8. The third-order valence-corrected chi connectivity index (χ3v) is 6.90. The van der Waals surface area contributed by atoms with Gasteiger partial charge in [0.2, 0.25) is 11.8 Å². The normalized spacial score (nSPS) is 20.9. The van der Waals surface area contributed by atoms with Gasteiger partial charge in [-0.3, -0.25) is 9.59 Å². The quantitative estimate of drug-likeness (QED) is 0.643. The number of aliphatic imine (C=N–C) groups is 1. The number of aliphatic carboxylic acids is 1. The number of likely N-dealkylation sites (N-methyl/N-ethyl adjacent to an activating group) is 1. The molecule has 1 aliphatic heterocycles. The predicted molar refractivity (Wildman–Crippen MR) is 133 cm³/mol. The molecule has 1 saturated carbocycles. The summed E-state index contributed by atoms with van der Waals surface area (Å²) in [5, 5.41) is 8.88. The highest BCUT2D eigenvalue weighted by molar-refractivity contribution is 6.09. The number of hydrogen-bond acceptors (Lipinski definition) is 7. The largest absolute Gasteiger partial charge is 0.480 e. The van der Waals surface area contributed by atoms with Crippen molar-refractivity contribution in [1.82, 2.24) is 14.9 Å². The molecule has 2 aromatic rings. The van der Waals surface area contributed by atoms with Crippen molar-refractivity contribution < 1.29 is 19.4 Å². The molecular formula is C26H33N5O4. The summed E-state index contributed by atoms with van der Waals surface area (Å²) in [5.41, 5.74) is 8.90. The van der Waals surface area contributed by atoms with Crippen molar-refractivity contribution in [2.24, 2.45) is 10.9 Å². The van der Waals surface area contributed by atoms with E-state index in [0.29, 0.717) is 41.5 Å². The third-order valence-electron chi connectivity index (χ3n) is 6.90. The Morgan fingerprint density at radius 3 is 2.43 bits per heavy atom. The minimum atomic E-state index is -0.988. The number of benzene rings is 1. The van der Waals surface area contributed by atoms with Crippen molar-refractivity contribution in [3.63, 3.8) is 0 Å². The highest BCUT2D eigenvalue weighted by atomic mass is 16.5. The lowest BCUT2D eigenvalue weighted by atomic mass is 9.77. The lowest BCUT2D eigenvalue weighted by Crippen LogP contribution is -2.41. The molecule has 186 valence electrons. The van der Waals surface area contributed by atoms with Gasteiger partial charge in [-0.25, -0.2) is 9.98 Å². The van der Waals surface area contributed by atoms with E-state index in [9.17, 15) is 9.59 Å². The zero-order chi connectivity index (χ0) is 25.3. The second-order valence-corrected chi connectivity index (χ2v) is 10.1. The van der Waals surface area contributed by atoms with Gasteiger partial charge in [0.25, 0.3) is 0 Å². The monoisotopic (exact) mass is 479 g/mol. The fourth-order valence-electron chi connectivity index (χ4n) is 4.99. The SMILES string of the molecule is Cc1nc(N)c2c(n1)OC(C)(C)C(c1ccc([C@H]3CC[C@H](CC(=O)N(C)CC(=O)O)CC3)cc1)=N2. The number of nitrogens with zero attached hydrogens (tertiary/aromatic N) is 4. The van der Waals surface area contributed by atoms with Gasteiger partial charge in [-0.15, -0.1) is 0 Å². The number of aryl methyl sites for hydroxylation is 1. The fraction of sp³-hybridized carbons (Fsp3) is 0.500. The van der Waals surface area contributed by atoms with Crippen molar-refractivity contribution in [2.75, 3.05) is 19.3 Å².